The molecule has 9 heteroatoms. The first kappa shape index (κ1) is 97.0. The molecule has 588 valence electrons. The highest BCUT2D eigenvalue weighted by atomic mass is 16.7. The predicted molar refractivity (Wildman–Crippen MR) is 429 cm³/mol. The van der Waals surface area contributed by atoms with Gasteiger partial charge in [-0.2, -0.15) is 0 Å². The van der Waals surface area contributed by atoms with Crippen LogP contribution in [0.25, 0.3) is 0 Å². The van der Waals surface area contributed by atoms with E-state index in [0.717, 1.165) is 38.5 Å². The highest BCUT2D eigenvalue weighted by Crippen LogP contribution is 2.22. The Hall–Kier alpha value is -1.97. The van der Waals surface area contributed by atoms with Crippen LogP contribution in [0.1, 0.15) is 489 Å². The number of ether oxygens (including phenoxy) is 4. The van der Waals surface area contributed by atoms with E-state index in [9.17, 15) is 19.5 Å². The summed E-state index contributed by atoms with van der Waals surface area (Å²) in [6.07, 6.45) is 101. The number of carboxylic acids is 1. The number of carboxylic acid groups (broad SMARTS) is 1. The van der Waals surface area contributed by atoms with Gasteiger partial charge in [-0.15, -0.1) is 0 Å². The van der Waals surface area contributed by atoms with Gasteiger partial charge in [0.15, 0.2) is 6.10 Å². The number of quaternary nitrogens is 1. The molecule has 0 radical (unpaired) electrons. The first-order chi connectivity index (χ1) is 48.6. The Kier molecular flexibility index (Phi) is 80.1. The van der Waals surface area contributed by atoms with Crippen molar-refractivity contribution in [3.05, 3.63) is 12.2 Å². The van der Waals surface area contributed by atoms with Crippen LogP contribution < -0.4 is 0 Å². The Labute approximate surface area is 618 Å². The molecule has 0 spiro atoms. The molecular formula is C90H176NO8+. The molecule has 0 aliphatic rings. The monoisotopic (exact) mass is 1400 g/mol. The van der Waals surface area contributed by atoms with E-state index < -0.39 is 18.4 Å². The molecule has 0 heterocycles. The number of nitrogens with zero attached hydrogens (tertiary/aromatic N) is 1. The molecule has 0 aromatic rings. The van der Waals surface area contributed by atoms with Gasteiger partial charge in [0.2, 0.25) is 0 Å². The SMILES string of the molecule is CCCCCCCCCC/C=C\CCCCCCCCCCCCCCCCCCCCCCCCCC(=O)OC(COC(=O)CCCCCCCCCCCCCCCCCCCCCCCCCCCCCCCCCCCCCCCCC)COC(OCC[N+](C)(C)C)C(=O)O. The Balaban J connectivity index is 3.88. The number of carbonyl (C=O) groups excluding carboxylic acids is 2. The zero-order valence-electron chi connectivity index (χ0n) is 67.7. The quantitative estimate of drug-likeness (QED) is 0.0211. The molecule has 0 fully saturated rings. The fourth-order valence-corrected chi connectivity index (χ4v) is 14.2. The topological polar surface area (TPSA) is 108 Å². The zero-order chi connectivity index (χ0) is 71.8. The van der Waals surface area contributed by atoms with Gasteiger partial charge >= 0.3 is 17.9 Å². The van der Waals surface area contributed by atoms with Crippen molar-refractivity contribution < 1.29 is 42.9 Å². The predicted octanol–water partition coefficient (Wildman–Crippen LogP) is 29.1. The number of allylic oxidation sites excluding steroid dienone is 2. The molecule has 0 aromatic heterocycles. The number of likely N-dealkylation sites (N-methyl/N-ethyl adjacent to an activating group) is 1. The largest absolute Gasteiger partial charge is 0.477 e. The lowest BCUT2D eigenvalue weighted by atomic mass is 10.0. The number of aliphatic carboxylic acids is 1. The zero-order valence-corrected chi connectivity index (χ0v) is 67.7. The Morgan fingerprint density at radius 2 is 0.515 bits per heavy atom. The third-order valence-corrected chi connectivity index (χ3v) is 21.0. The van der Waals surface area contributed by atoms with E-state index in [-0.39, 0.29) is 38.2 Å². The van der Waals surface area contributed by atoms with Crippen molar-refractivity contribution in [3.8, 4) is 0 Å². The second-order valence-corrected chi connectivity index (χ2v) is 32.3. The fourth-order valence-electron chi connectivity index (χ4n) is 14.2. The van der Waals surface area contributed by atoms with Crippen molar-refractivity contribution in [1.29, 1.82) is 0 Å². The van der Waals surface area contributed by atoms with E-state index in [1.54, 1.807) is 0 Å². The van der Waals surface area contributed by atoms with Crippen LogP contribution in [0, 0.1) is 0 Å². The number of esters is 2. The second-order valence-electron chi connectivity index (χ2n) is 32.3. The van der Waals surface area contributed by atoms with Crippen LogP contribution in [0.4, 0.5) is 0 Å². The number of rotatable bonds is 86. The maximum atomic E-state index is 13.0. The third kappa shape index (κ3) is 83.2. The highest BCUT2D eigenvalue weighted by molar-refractivity contribution is 5.71. The molecular weight excluding hydrogens is 1220 g/mol. The van der Waals surface area contributed by atoms with Gasteiger partial charge in [0.25, 0.3) is 6.29 Å². The van der Waals surface area contributed by atoms with Crippen molar-refractivity contribution in [1.82, 2.24) is 0 Å². The molecule has 0 aliphatic carbocycles. The van der Waals surface area contributed by atoms with Crippen LogP contribution in [0.5, 0.6) is 0 Å². The molecule has 0 aliphatic heterocycles. The molecule has 0 rings (SSSR count). The maximum absolute atomic E-state index is 13.0. The minimum absolute atomic E-state index is 0.172. The summed E-state index contributed by atoms with van der Waals surface area (Å²) in [5, 5.41) is 9.79. The third-order valence-electron chi connectivity index (χ3n) is 21.0. The molecule has 9 nitrogen and oxygen atoms in total. The Morgan fingerprint density at radius 1 is 0.293 bits per heavy atom. The first-order valence-electron chi connectivity index (χ1n) is 44.9. The van der Waals surface area contributed by atoms with Crippen LogP contribution >= 0.6 is 0 Å². The molecule has 0 bridgehead atoms. The van der Waals surface area contributed by atoms with E-state index >= 15 is 0 Å². The molecule has 0 saturated carbocycles. The number of unbranched alkanes of at least 4 members (excludes halogenated alkanes) is 69. The summed E-state index contributed by atoms with van der Waals surface area (Å²) in [5.74, 6) is -1.96. The van der Waals surface area contributed by atoms with Gasteiger partial charge in [0.1, 0.15) is 13.2 Å². The minimum Gasteiger partial charge on any atom is -0.477 e. The lowest BCUT2D eigenvalue weighted by Gasteiger charge is -2.25. The van der Waals surface area contributed by atoms with E-state index in [1.165, 1.54) is 424 Å². The smallest absolute Gasteiger partial charge is 0.361 e. The number of carbonyl (C=O) groups is 3. The standard InChI is InChI=1S/C90H175NO8/c1-6-8-10-12-14-16-18-20-22-24-26-28-30-32-34-36-38-40-42-43-44-45-47-48-50-52-54-56-58-60-62-64-66-68-70-72-74-76-78-80-87(92)97-84-86(85-98-90(89(94)95)96-83-82-91(3,4)5)99-88(93)81-79-77-75-73-71-69-67-65-63-61-59-57-55-53-51-49-46-41-39-37-35-33-31-29-27-25-23-21-19-17-15-13-11-9-7-2/h25,27,86,90H,6-24,26,28-85H2,1-5H3/p+1/b27-25-. The van der Waals surface area contributed by atoms with Crippen LogP contribution in [-0.2, 0) is 33.3 Å². The summed E-state index contributed by atoms with van der Waals surface area (Å²) in [7, 11) is 6.01. The van der Waals surface area contributed by atoms with E-state index in [1.807, 2.05) is 21.1 Å². The molecule has 1 N–H and O–H groups in total. The van der Waals surface area contributed by atoms with Gasteiger partial charge in [-0.25, -0.2) is 4.79 Å². The van der Waals surface area contributed by atoms with Gasteiger partial charge in [-0.1, -0.05) is 450 Å². The summed E-state index contributed by atoms with van der Waals surface area (Å²) in [6.45, 7) is 4.98. The summed E-state index contributed by atoms with van der Waals surface area (Å²) in [6, 6.07) is 0. The summed E-state index contributed by atoms with van der Waals surface area (Å²) < 4.78 is 23.1. The Bertz CT molecular complexity index is 1630. The van der Waals surface area contributed by atoms with Crippen LogP contribution in [-0.4, -0.2) is 87.4 Å². The Morgan fingerprint density at radius 3 is 0.747 bits per heavy atom. The average Bonchev–Trinajstić information content (AvgIpc) is 1.16. The molecule has 0 saturated heterocycles. The van der Waals surface area contributed by atoms with Crippen molar-refractivity contribution in [2.75, 3.05) is 47.5 Å². The molecule has 2 unspecified atom stereocenters. The van der Waals surface area contributed by atoms with Gasteiger partial charge in [-0.3, -0.25) is 9.59 Å². The van der Waals surface area contributed by atoms with E-state index in [0.29, 0.717) is 17.4 Å². The normalized spacial score (nSPS) is 12.5. The number of hydrogen-bond donors (Lipinski definition) is 1. The van der Waals surface area contributed by atoms with Crippen LogP contribution in [0.3, 0.4) is 0 Å². The van der Waals surface area contributed by atoms with Gasteiger partial charge in [0, 0.05) is 12.8 Å². The maximum Gasteiger partial charge on any atom is 0.361 e. The lowest BCUT2D eigenvalue weighted by Crippen LogP contribution is -2.40. The van der Waals surface area contributed by atoms with Crippen molar-refractivity contribution in [3.63, 3.8) is 0 Å². The minimum atomic E-state index is -1.51. The second kappa shape index (κ2) is 81.7. The summed E-state index contributed by atoms with van der Waals surface area (Å²) in [4.78, 5) is 37.8. The first-order valence-corrected chi connectivity index (χ1v) is 44.9. The van der Waals surface area contributed by atoms with Crippen LogP contribution in [0.15, 0.2) is 12.2 Å². The van der Waals surface area contributed by atoms with Crippen molar-refractivity contribution in [2.24, 2.45) is 0 Å². The van der Waals surface area contributed by atoms with Crippen LogP contribution in [0.2, 0.25) is 0 Å². The highest BCUT2D eigenvalue weighted by Gasteiger charge is 2.25. The summed E-state index contributed by atoms with van der Waals surface area (Å²) >= 11 is 0. The van der Waals surface area contributed by atoms with Gasteiger partial charge in [-0.05, 0) is 38.5 Å². The molecule has 0 amide bonds. The van der Waals surface area contributed by atoms with Crippen molar-refractivity contribution in [2.45, 2.75) is 501 Å². The average molecular weight is 1400 g/mol. The molecule has 0 aromatic carbocycles. The molecule has 99 heavy (non-hydrogen) atoms. The lowest BCUT2D eigenvalue weighted by molar-refractivity contribution is -0.870. The molecule has 2 atom stereocenters. The van der Waals surface area contributed by atoms with E-state index in [4.69, 9.17) is 18.9 Å². The van der Waals surface area contributed by atoms with Gasteiger partial charge < -0.3 is 28.5 Å². The summed E-state index contributed by atoms with van der Waals surface area (Å²) in [5.41, 5.74) is 0. The fraction of sp³-hybridized carbons (Fsp3) is 0.944. The number of hydrogen-bond acceptors (Lipinski definition) is 7. The van der Waals surface area contributed by atoms with E-state index in [2.05, 4.69) is 26.0 Å². The van der Waals surface area contributed by atoms with Crippen molar-refractivity contribution >= 4 is 17.9 Å². The van der Waals surface area contributed by atoms with Gasteiger partial charge in [0.05, 0.1) is 34.4 Å².